The average molecular weight is 624 g/mol. The standard InChI is InChI=1S/C34H33ClF3N3O3/c1-20(42)40-18-24-16-26(22-8-6-21(7-9-22)14-15-44-33-29(37)13-12-28(36)32(33)38)31(30(19-40)39-24)34(43)41(25-10-11-25)17-23-4-2-3-5-27(23)35/h2-9,12-13,24-25,30,39H,10-11,14-19H2,1H3. The van der Waals surface area contributed by atoms with E-state index in [0.29, 0.717) is 43.1 Å². The zero-order valence-corrected chi connectivity index (χ0v) is 25.0. The van der Waals surface area contributed by atoms with E-state index < -0.39 is 23.2 Å². The Hall–Kier alpha value is -3.82. The van der Waals surface area contributed by atoms with Gasteiger partial charge in [-0.3, -0.25) is 9.59 Å². The predicted octanol–water partition coefficient (Wildman–Crippen LogP) is 5.92. The van der Waals surface area contributed by atoms with Crippen molar-refractivity contribution in [3.63, 3.8) is 0 Å². The summed E-state index contributed by atoms with van der Waals surface area (Å²) in [5, 5.41) is 4.21. The Balaban J connectivity index is 1.27. The molecule has 2 unspecified atom stereocenters. The number of benzene rings is 3. The van der Waals surface area contributed by atoms with Crippen LogP contribution in [0, 0.1) is 17.5 Å². The fourth-order valence-corrected chi connectivity index (χ4v) is 6.32. The van der Waals surface area contributed by atoms with E-state index in [-0.39, 0.29) is 36.5 Å². The van der Waals surface area contributed by atoms with Crippen molar-refractivity contribution in [3.8, 4) is 5.75 Å². The number of nitrogens with zero attached hydrogens (tertiary/aromatic N) is 2. The lowest BCUT2D eigenvalue weighted by molar-refractivity contribution is -0.132. The number of carbonyl (C=O) groups is 2. The molecule has 2 fully saturated rings. The summed E-state index contributed by atoms with van der Waals surface area (Å²) in [4.78, 5) is 30.5. The van der Waals surface area contributed by atoms with Crippen LogP contribution in [0.15, 0.2) is 66.2 Å². The number of nitrogens with one attached hydrogen (secondary N) is 1. The van der Waals surface area contributed by atoms with E-state index in [1.807, 2.05) is 53.4 Å². The monoisotopic (exact) mass is 623 g/mol. The van der Waals surface area contributed by atoms with Gasteiger partial charge in [0.15, 0.2) is 17.4 Å². The molecule has 2 heterocycles. The molecule has 2 bridgehead atoms. The molecule has 44 heavy (non-hydrogen) atoms. The van der Waals surface area contributed by atoms with Gasteiger partial charge < -0.3 is 19.9 Å². The van der Waals surface area contributed by atoms with Crippen molar-refractivity contribution in [2.75, 3.05) is 19.7 Å². The quantitative estimate of drug-likeness (QED) is 0.301. The Morgan fingerprint density at radius 3 is 2.43 bits per heavy atom. The van der Waals surface area contributed by atoms with Gasteiger partial charge in [-0.2, -0.15) is 4.39 Å². The van der Waals surface area contributed by atoms with E-state index in [1.54, 1.807) is 11.8 Å². The number of rotatable bonds is 9. The number of carbonyl (C=O) groups excluding carboxylic acids is 2. The SMILES string of the molecule is CC(=O)N1CC2CC(c3ccc(CCOc4c(F)ccc(F)c4F)cc3)=C(C(=O)N(Cc3ccccc3Cl)C3CC3)C(C1)N2. The number of hydrogen-bond donors (Lipinski definition) is 1. The largest absolute Gasteiger partial charge is 0.487 e. The Kier molecular flexibility index (Phi) is 8.69. The van der Waals surface area contributed by atoms with Gasteiger partial charge in [-0.15, -0.1) is 0 Å². The summed E-state index contributed by atoms with van der Waals surface area (Å²) in [6.45, 7) is 2.88. The number of piperazine rings is 1. The Labute approximate surface area is 259 Å². The molecule has 0 spiro atoms. The molecule has 0 radical (unpaired) electrons. The Bertz CT molecular complexity index is 1610. The second-order valence-electron chi connectivity index (χ2n) is 11.7. The second kappa shape index (κ2) is 12.7. The number of halogens is 4. The summed E-state index contributed by atoms with van der Waals surface area (Å²) in [6.07, 6.45) is 2.78. The third-order valence-electron chi connectivity index (χ3n) is 8.57. The van der Waals surface area contributed by atoms with Crippen LogP contribution in [0.1, 0.15) is 42.9 Å². The normalized spacial score (nSPS) is 19.6. The van der Waals surface area contributed by atoms with Gasteiger partial charge in [-0.25, -0.2) is 8.78 Å². The molecule has 6 nitrogen and oxygen atoms in total. The minimum atomic E-state index is -1.35. The summed E-state index contributed by atoms with van der Waals surface area (Å²) in [5.74, 6) is -4.28. The molecule has 1 saturated carbocycles. The summed E-state index contributed by atoms with van der Waals surface area (Å²) in [7, 11) is 0. The highest BCUT2D eigenvalue weighted by Crippen LogP contribution is 2.38. The van der Waals surface area contributed by atoms with Crippen molar-refractivity contribution < 1.29 is 27.5 Å². The highest BCUT2D eigenvalue weighted by molar-refractivity contribution is 6.31. The lowest BCUT2D eigenvalue weighted by Crippen LogP contribution is -2.61. The van der Waals surface area contributed by atoms with Crippen LogP contribution in [0.4, 0.5) is 13.2 Å². The van der Waals surface area contributed by atoms with Gasteiger partial charge >= 0.3 is 0 Å². The lowest BCUT2D eigenvalue weighted by Gasteiger charge is -2.44. The third-order valence-corrected chi connectivity index (χ3v) is 8.94. The van der Waals surface area contributed by atoms with E-state index in [1.165, 1.54) is 0 Å². The second-order valence-corrected chi connectivity index (χ2v) is 12.1. The summed E-state index contributed by atoms with van der Waals surface area (Å²) < 4.78 is 46.6. The molecule has 2 atom stereocenters. The van der Waals surface area contributed by atoms with Crippen LogP contribution in [-0.2, 0) is 22.6 Å². The van der Waals surface area contributed by atoms with Crippen LogP contribution in [0.25, 0.3) is 5.57 Å². The summed E-state index contributed by atoms with van der Waals surface area (Å²) >= 11 is 6.49. The van der Waals surface area contributed by atoms with E-state index >= 15 is 0 Å². The fraction of sp³-hybridized carbons (Fsp3) is 0.353. The molecule has 1 N–H and O–H groups in total. The molecule has 2 aliphatic heterocycles. The minimum absolute atomic E-state index is 0.00581. The van der Waals surface area contributed by atoms with Crippen molar-refractivity contribution in [3.05, 3.63) is 105 Å². The molecule has 1 aliphatic carbocycles. The highest BCUT2D eigenvalue weighted by atomic mass is 35.5. The van der Waals surface area contributed by atoms with Crippen molar-refractivity contribution >= 4 is 29.0 Å². The Morgan fingerprint density at radius 2 is 1.73 bits per heavy atom. The molecule has 10 heteroatoms. The predicted molar refractivity (Wildman–Crippen MR) is 161 cm³/mol. The third kappa shape index (κ3) is 6.35. The van der Waals surface area contributed by atoms with Gasteiger partial charge in [0.25, 0.3) is 5.91 Å². The molecule has 3 aliphatic rings. The van der Waals surface area contributed by atoms with Gasteiger partial charge in [0.2, 0.25) is 11.7 Å². The van der Waals surface area contributed by atoms with Crippen molar-refractivity contribution in [1.29, 1.82) is 0 Å². The first-order chi connectivity index (χ1) is 21.2. The van der Waals surface area contributed by atoms with E-state index in [4.69, 9.17) is 16.3 Å². The first kappa shape index (κ1) is 30.2. The van der Waals surface area contributed by atoms with Crippen LogP contribution in [0.3, 0.4) is 0 Å². The average Bonchev–Trinajstić information content (AvgIpc) is 3.85. The number of ether oxygens (including phenoxy) is 1. The molecule has 6 rings (SSSR count). The Morgan fingerprint density at radius 1 is 1.00 bits per heavy atom. The van der Waals surface area contributed by atoms with Crippen molar-refractivity contribution in [2.45, 2.75) is 57.3 Å². The zero-order valence-electron chi connectivity index (χ0n) is 24.3. The van der Waals surface area contributed by atoms with E-state index in [0.717, 1.165) is 47.2 Å². The summed E-state index contributed by atoms with van der Waals surface area (Å²) in [5.41, 5.74) is 4.26. The molecular weight excluding hydrogens is 591 g/mol. The zero-order chi connectivity index (χ0) is 31.0. The van der Waals surface area contributed by atoms with Crippen LogP contribution >= 0.6 is 11.6 Å². The maximum atomic E-state index is 14.5. The molecule has 3 aromatic carbocycles. The minimum Gasteiger partial charge on any atom is -0.487 e. The van der Waals surface area contributed by atoms with E-state index in [2.05, 4.69) is 5.32 Å². The van der Waals surface area contributed by atoms with Crippen LogP contribution in [0.5, 0.6) is 5.75 Å². The van der Waals surface area contributed by atoms with Gasteiger partial charge in [-0.1, -0.05) is 54.1 Å². The smallest absolute Gasteiger partial charge is 0.252 e. The maximum absolute atomic E-state index is 14.5. The molecular formula is C34H33ClF3N3O3. The van der Waals surface area contributed by atoms with Gasteiger partial charge in [0, 0.05) is 55.7 Å². The molecule has 3 aromatic rings. The molecule has 230 valence electrons. The number of amides is 2. The number of fused-ring (bicyclic) bond motifs is 2. The van der Waals surface area contributed by atoms with Crippen LogP contribution in [0.2, 0.25) is 5.02 Å². The van der Waals surface area contributed by atoms with Gasteiger partial charge in [0.05, 0.1) is 12.6 Å². The topological polar surface area (TPSA) is 61.9 Å². The number of hydrogen-bond acceptors (Lipinski definition) is 4. The van der Waals surface area contributed by atoms with E-state index in [9.17, 15) is 22.8 Å². The van der Waals surface area contributed by atoms with Crippen LogP contribution in [-0.4, -0.2) is 59.4 Å². The maximum Gasteiger partial charge on any atom is 0.252 e. The first-order valence-electron chi connectivity index (χ1n) is 14.8. The fourth-order valence-electron chi connectivity index (χ4n) is 6.13. The molecule has 2 amide bonds. The summed E-state index contributed by atoms with van der Waals surface area (Å²) in [6, 6.07) is 16.6. The van der Waals surface area contributed by atoms with Crippen molar-refractivity contribution in [1.82, 2.24) is 15.1 Å². The lowest BCUT2D eigenvalue weighted by atomic mass is 9.82. The van der Waals surface area contributed by atoms with Crippen molar-refractivity contribution in [2.24, 2.45) is 0 Å². The first-order valence-corrected chi connectivity index (χ1v) is 15.2. The highest BCUT2D eigenvalue weighted by Gasteiger charge is 2.43. The van der Waals surface area contributed by atoms with Gasteiger partial charge in [-0.05, 0) is 59.7 Å². The molecule has 0 aromatic heterocycles. The van der Waals surface area contributed by atoms with Crippen LogP contribution < -0.4 is 10.1 Å². The van der Waals surface area contributed by atoms with Gasteiger partial charge in [0.1, 0.15) is 0 Å². The molecule has 1 saturated heterocycles.